The predicted octanol–water partition coefficient (Wildman–Crippen LogP) is 1.47. The molecule has 0 spiro atoms. The van der Waals surface area contributed by atoms with Crippen LogP contribution in [0.2, 0.25) is 0 Å². The average molecular weight is 278 g/mol. The van der Waals surface area contributed by atoms with Crippen LogP contribution in [0.1, 0.15) is 5.01 Å². The Hall–Kier alpha value is -2.15. The zero-order valence-corrected chi connectivity index (χ0v) is 11.4. The number of hydrogen-bond acceptors (Lipinski definition) is 5. The van der Waals surface area contributed by atoms with Gasteiger partial charge in [0.2, 0.25) is 5.91 Å². The molecular formula is C12H14N4O2S. The van der Waals surface area contributed by atoms with Gasteiger partial charge < -0.3 is 10.6 Å². The number of fused-ring (bicyclic) bond motifs is 1. The molecule has 0 atom stereocenters. The number of imide groups is 1. The van der Waals surface area contributed by atoms with Gasteiger partial charge in [0.1, 0.15) is 0 Å². The summed E-state index contributed by atoms with van der Waals surface area (Å²) in [5.74, 6) is -0.389. The number of aromatic nitrogens is 1. The molecule has 19 heavy (non-hydrogen) atoms. The molecule has 1 aromatic heterocycles. The molecule has 3 N–H and O–H groups in total. The van der Waals surface area contributed by atoms with Gasteiger partial charge in [-0.15, -0.1) is 11.3 Å². The zero-order valence-electron chi connectivity index (χ0n) is 10.6. The molecular weight excluding hydrogens is 264 g/mol. The van der Waals surface area contributed by atoms with Gasteiger partial charge in [-0.3, -0.25) is 10.1 Å². The second-order valence-electron chi connectivity index (χ2n) is 3.90. The molecule has 0 saturated carbocycles. The summed E-state index contributed by atoms with van der Waals surface area (Å²) >= 11 is 1.60. The number of urea groups is 1. The van der Waals surface area contributed by atoms with Crippen molar-refractivity contribution in [3.63, 3.8) is 0 Å². The van der Waals surface area contributed by atoms with E-state index in [1.165, 1.54) is 7.05 Å². The number of benzene rings is 1. The molecule has 6 nitrogen and oxygen atoms in total. The van der Waals surface area contributed by atoms with Gasteiger partial charge in [-0.2, -0.15) is 0 Å². The van der Waals surface area contributed by atoms with E-state index < -0.39 is 6.03 Å². The Balaban J connectivity index is 1.97. The molecule has 0 fully saturated rings. The largest absolute Gasteiger partial charge is 0.376 e. The fourth-order valence-electron chi connectivity index (χ4n) is 1.57. The summed E-state index contributed by atoms with van der Waals surface area (Å²) in [6.07, 6.45) is 0. The summed E-state index contributed by atoms with van der Waals surface area (Å²) in [6.45, 7) is 1.99. The van der Waals surface area contributed by atoms with E-state index in [9.17, 15) is 9.59 Å². The van der Waals surface area contributed by atoms with Gasteiger partial charge in [-0.05, 0) is 25.1 Å². The molecule has 3 amide bonds. The summed E-state index contributed by atoms with van der Waals surface area (Å²) in [6, 6.07) is 5.18. The normalized spacial score (nSPS) is 10.2. The summed E-state index contributed by atoms with van der Waals surface area (Å²) in [5, 5.41) is 8.46. The van der Waals surface area contributed by atoms with Crippen molar-refractivity contribution >= 4 is 39.2 Å². The van der Waals surface area contributed by atoms with E-state index in [1.807, 2.05) is 25.1 Å². The average Bonchev–Trinajstić information content (AvgIpc) is 2.75. The van der Waals surface area contributed by atoms with Crippen LogP contribution in [0.25, 0.3) is 10.2 Å². The Morgan fingerprint density at radius 3 is 2.89 bits per heavy atom. The molecule has 7 heteroatoms. The fraction of sp³-hybridized carbons (Fsp3) is 0.250. The van der Waals surface area contributed by atoms with Gasteiger partial charge in [0.25, 0.3) is 0 Å². The predicted molar refractivity (Wildman–Crippen MR) is 75.4 cm³/mol. The van der Waals surface area contributed by atoms with Crippen LogP contribution in [-0.4, -0.2) is 30.5 Å². The maximum atomic E-state index is 11.4. The van der Waals surface area contributed by atoms with E-state index in [0.717, 1.165) is 20.9 Å². The van der Waals surface area contributed by atoms with Crippen LogP contribution >= 0.6 is 11.3 Å². The summed E-state index contributed by atoms with van der Waals surface area (Å²) in [7, 11) is 1.45. The lowest BCUT2D eigenvalue weighted by atomic mass is 10.3. The lowest BCUT2D eigenvalue weighted by Crippen LogP contribution is -2.40. The van der Waals surface area contributed by atoms with E-state index >= 15 is 0 Å². The van der Waals surface area contributed by atoms with Crippen molar-refractivity contribution in [1.29, 1.82) is 0 Å². The van der Waals surface area contributed by atoms with Crippen molar-refractivity contribution in [1.82, 2.24) is 15.6 Å². The first-order chi connectivity index (χ1) is 9.08. The Morgan fingerprint density at radius 2 is 2.16 bits per heavy atom. The highest BCUT2D eigenvalue weighted by Gasteiger charge is 2.06. The molecule has 0 aliphatic rings. The monoisotopic (exact) mass is 278 g/mol. The minimum absolute atomic E-state index is 0.0384. The molecule has 0 saturated heterocycles. The van der Waals surface area contributed by atoms with Crippen LogP contribution in [0.3, 0.4) is 0 Å². The third-order valence-electron chi connectivity index (χ3n) is 2.43. The van der Waals surface area contributed by atoms with Gasteiger partial charge in [0.05, 0.1) is 21.8 Å². The van der Waals surface area contributed by atoms with E-state index in [0.29, 0.717) is 0 Å². The molecule has 0 aliphatic carbocycles. The lowest BCUT2D eigenvalue weighted by molar-refractivity contribution is -0.118. The number of thiazole rings is 1. The SMILES string of the molecule is CNC(=O)NC(=O)CNc1ccc2nc(C)sc2c1. The maximum absolute atomic E-state index is 11.4. The van der Waals surface area contributed by atoms with E-state index in [2.05, 4.69) is 20.9 Å². The number of carbonyl (C=O) groups is 2. The fourth-order valence-corrected chi connectivity index (χ4v) is 2.43. The van der Waals surface area contributed by atoms with Gasteiger partial charge in [-0.1, -0.05) is 0 Å². The maximum Gasteiger partial charge on any atom is 0.321 e. The number of aryl methyl sites for hydroxylation is 1. The molecule has 0 unspecified atom stereocenters. The van der Waals surface area contributed by atoms with Gasteiger partial charge >= 0.3 is 6.03 Å². The first kappa shape index (κ1) is 13.3. The molecule has 2 aromatic rings. The van der Waals surface area contributed by atoms with Crippen molar-refractivity contribution in [3.05, 3.63) is 23.2 Å². The quantitative estimate of drug-likeness (QED) is 0.794. The van der Waals surface area contributed by atoms with Crippen molar-refractivity contribution in [2.45, 2.75) is 6.92 Å². The first-order valence-electron chi connectivity index (χ1n) is 5.71. The summed E-state index contributed by atoms with van der Waals surface area (Å²) in [5.41, 5.74) is 1.77. The Morgan fingerprint density at radius 1 is 1.37 bits per heavy atom. The van der Waals surface area contributed by atoms with Crippen LogP contribution in [0.15, 0.2) is 18.2 Å². The minimum Gasteiger partial charge on any atom is -0.376 e. The highest BCUT2D eigenvalue weighted by Crippen LogP contribution is 2.24. The second-order valence-corrected chi connectivity index (χ2v) is 5.13. The standard InChI is InChI=1S/C12H14N4O2S/c1-7-15-9-4-3-8(5-10(9)19-7)14-6-11(17)16-12(18)13-2/h3-5,14H,6H2,1-2H3,(H2,13,16,17,18). The van der Waals surface area contributed by atoms with Crippen LogP contribution in [0.5, 0.6) is 0 Å². The summed E-state index contributed by atoms with van der Waals surface area (Å²) in [4.78, 5) is 26.7. The zero-order chi connectivity index (χ0) is 13.8. The van der Waals surface area contributed by atoms with Crippen molar-refractivity contribution in [2.24, 2.45) is 0 Å². The highest BCUT2D eigenvalue weighted by molar-refractivity contribution is 7.18. The third-order valence-corrected chi connectivity index (χ3v) is 3.36. The van der Waals surface area contributed by atoms with Crippen LogP contribution in [0, 0.1) is 6.92 Å². The number of carbonyl (C=O) groups excluding carboxylic acids is 2. The Labute approximate surface area is 114 Å². The third kappa shape index (κ3) is 3.41. The van der Waals surface area contributed by atoms with Crippen molar-refractivity contribution in [2.75, 3.05) is 18.9 Å². The van der Waals surface area contributed by atoms with E-state index in [1.54, 1.807) is 11.3 Å². The first-order valence-corrected chi connectivity index (χ1v) is 6.53. The topological polar surface area (TPSA) is 83.1 Å². The lowest BCUT2D eigenvalue weighted by Gasteiger charge is -2.06. The molecule has 100 valence electrons. The number of amides is 3. The Bertz CT molecular complexity index is 623. The van der Waals surface area contributed by atoms with E-state index in [-0.39, 0.29) is 12.5 Å². The smallest absolute Gasteiger partial charge is 0.321 e. The number of nitrogens with zero attached hydrogens (tertiary/aromatic N) is 1. The molecule has 0 aliphatic heterocycles. The molecule has 1 aromatic carbocycles. The van der Waals surface area contributed by atoms with Crippen molar-refractivity contribution in [3.8, 4) is 0 Å². The number of rotatable bonds is 3. The van der Waals surface area contributed by atoms with Crippen LogP contribution in [0.4, 0.5) is 10.5 Å². The van der Waals surface area contributed by atoms with Crippen molar-refractivity contribution < 1.29 is 9.59 Å². The van der Waals surface area contributed by atoms with Gasteiger partial charge in [0, 0.05) is 12.7 Å². The van der Waals surface area contributed by atoms with E-state index in [4.69, 9.17) is 0 Å². The minimum atomic E-state index is -0.514. The second kappa shape index (κ2) is 5.66. The molecule has 0 radical (unpaired) electrons. The number of anilines is 1. The number of hydrogen-bond donors (Lipinski definition) is 3. The molecule has 0 bridgehead atoms. The molecule has 2 rings (SSSR count). The Kier molecular flexibility index (Phi) is 3.96. The van der Waals surface area contributed by atoms with Crippen LogP contribution < -0.4 is 16.0 Å². The van der Waals surface area contributed by atoms with Crippen LogP contribution in [-0.2, 0) is 4.79 Å². The highest BCUT2D eigenvalue weighted by atomic mass is 32.1. The van der Waals surface area contributed by atoms with Gasteiger partial charge in [-0.25, -0.2) is 9.78 Å². The number of nitrogens with one attached hydrogen (secondary N) is 3. The molecule has 1 heterocycles. The summed E-state index contributed by atoms with van der Waals surface area (Å²) < 4.78 is 1.06. The van der Waals surface area contributed by atoms with Gasteiger partial charge in [0.15, 0.2) is 0 Å².